The summed E-state index contributed by atoms with van der Waals surface area (Å²) in [6, 6.07) is 12.3. The van der Waals surface area contributed by atoms with Gasteiger partial charge < -0.3 is 10.1 Å². The molecule has 2 N–H and O–H groups in total. The molecule has 1 fully saturated rings. The van der Waals surface area contributed by atoms with E-state index in [1.54, 1.807) is 41.0 Å². The average Bonchev–Trinajstić information content (AvgIpc) is 2.93. The van der Waals surface area contributed by atoms with E-state index in [0.717, 1.165) is 0 Å². The van der Waals surface area contributed by atoms with Crippen LogP contribution >= 0.6 is 0 Å². The molecule has 7 nitrogen and oxygen atoms in total. The van der Waals surface area contributed by atoms with Gasteiger partial charge in [-0.25, -0.2) is 4.79 Å². The van der Waals surface area contributed by atoms with Crippen molar-refractivity contribution in [1.29, 1.82) is 0 Å². The van der Waals surface area contributed by atoms with Crippen LogP contribution in [0.5, 0.6) is 5.75 Å². The third-order valence-corrected chi connectivity index (χ3v) is 4.37. The molecule has 1 saturated heterocycles. The molecule has 10 heteroatoms. The van der Waals surface area contributed by atoms with E-state index in [1.807, 2.05) is 0 Å². The zero-order valence-corrected chi connectivity index (χ0v) is 15.1. The van der Waals surface area contributed by atoms with Gasteiger partial charge in [-0.1, -0.05) is 42.5 Å². The molecule has 0 bridgehead atoms. The molecular formula is C19H16F3N3O4. The first-order valence-corrected chi connectivity index (χ1v) is 8.40. The Bertz CT molecular complexity index is 949. The van der Waals surface area contributed by atoms with E-state index in [9.17, 15) is 27.6 Å². The van der Waals surface area contributed by atoms with Crippen molar-refractivity contribution >= 4 is 17.8 Å². The van der Waals surface area contributed by atoms with Crippen molar-refractivity contribution in [2.75, 3.05) is 7.11 Å². The highest BCUT2D eigenvalue weighted by molar-refractivity contribution is 6.10. The minimum atomic E-state index is -5.29. The predicted molar refractivity (Wildman–Crippen MR) is 94.8 cm³/mol. The van der Waals surface area contributed by atoms with Gasteiger partial charge in [-0.15, -0.1) is 0 Å². The van der Waals surface area contributed by atoms with Gasteiger partial charge in [0.2, 0.25) is 0 Å². The number of amides is 4. The van der Waals surface area contributed by atoms with Crippen LogP contribution in [-0.2, 0) is 11.3 Å². The Labute approximate surface area is 163 Å². The maximum Gasteiger partial charge on any atom is 0.440 e. The smallest absolute Gasteiger partial charge is 0.440 e. The summed E-state index contributed by atoms with van der Waals surface area (Å²) in [4.78, 5) is 37.8. The number of alkyl halides is 3. The normalized spacial score (nSPS) is 19.1. The van der Waals surface area contributed by atoms with Crippen LogP contribution in [0.15, 0.2) is 54.6 Å². The zero-order valence-electron chi connectivity index (χ0n) is 15.1. The van der Waals surface area contributed by atoms with Gasteiger partial charge >= 0.3 is 12.2 Å². The molecule has 29 heavy (non-hydrogen) atoms. The van der Waals surface area contributed by atoms with E-state index in [-0.39, 0.29) is 17.9 Å². The van der Waals surface area contributed by atoms with Crippen LogP contribution in [0.3, 0.4) is 0 Å². The van der Waals surface area contributed by atoms with Gasteiger partial charge in [-0.3, -0.25) is 19.8 Å². The molecule has 152 valence electrons. The fourth-order valence-corrected chi connectivity index (χ4v) is 2.90. The number of urea groups is 1. The van der Waals surface area contributed by atoms with Crippen molar-refractivity contribution in [3.05, 3.63) is 65.7 Å². The SMILES string of the molecule is COc1ccccc1C(=O)NC1(C(F)(F)F)NC(=O)N(Cc2ccccc2)C1=O. The van der Waals surface area contributed by atoms with Crippen molar-refractivity contribution in [2.24, 2.45) is 0 Å². The summed E-state index contributed by atoms with van der Waals surface area (Å²) in [6.45, 7) is -0.381. The molecule has 0 aromatic heterocycles. The Balaban J connectivity index is 1.94. The Morgan fingerprint density at radius 2 is 1.72 bits per heavy atom. The number of rotatable bonds is 5. The van der Waals surface area contributed by atoms with Crippen LogP contribution < -0.4 is 15.4 Å². The molecule has 0 spiro atoms. The Morgan fingerprint density at radius 3 is 2.34 bits per heavy atom. The fraction of sp³-hybridized carbons (Fsp3) is 0.211. The van der Waals surface area contributed by atoms with Gasteiger partial charge in [0.15, 0.2) is 0 Å². The number of halogens is 3. The first-order chi connectivity index (χ1) is 13.7. The molecule has 2 aromatic rings. The molecule has 0 saturated carbocycles. The molecular weight excluding hydrogens is 391 g/mol. The first kappa shape index (κ1) is 20.2. The van der Waals surface area contributed by atoms with Crippen LogP contribution in [0.2, 0.25) is 0 Å². The number of hydrogen-bond donors (Lipinski definition) is 2. The first-order valence-electron chi connectivity index (χ1n) is 8.40. The summed E-state index contributed by atoms with van der Waals surface area (Å²) in [7, 11) is 1.25. The lowest BCUT2D eigenvalue weighted by Crippen LogP contribution is -2.69. The number of methoxy groups -OCH3 is 1. The number of carbonyl (C=O) groups excluding carboxylic acids is 3. The molecule has 3 rings (SSSR count). The van der Waals surface area contributed by atoms with E-state index in [4.69, 9.17) is 4.74 Å². The second kappa shape index (κ2) is 7.46. The maximum absolute atomic E-state index is 13.9. The highest BCUT2D eigenvalue weighted by atomic mass is 19.4. The second-order valence-electron chi connectivity index (χ2n) is 6.21. The van der Waals surface area contributed by atoms with Crippen molar-refractivity contribution in [1.82, 2.24) is 15.5 Å². The van der Waals surface area contributed by atoms with E-state index in [1.165, 1.54) is 31.4 Å². The summed E-state index contributed by atoms with van der Waals surface area (Å²) >= 11 is 0. The van der Waals surface area contributed by atoms with E-state index >= 15 is 0 Å². The van der Waals surface area contributed by atoms with E-state index in [0.29, 0.717) is 10.5 Å². The van der Waals surface area contributed by atoms with Gasteiger partial charge in [0, 0.05) is 0 Å². The Hall–Kier alpha value is -3.56. The number of nitrogens with one attached hydrogen (secondary N) is 2. The van der Waals surface area contributed by atoms with Gasteiger partial charge in [0.25, 0.3) is 17.5 Å². The number of benzene rings is 2. The zero-order chi connectivity index (χ0) is 21.2. The highest BCUT2D eigenvalue weighted by Crippen LogP contribution is 2.35. The lowest BCUT2D eigenvalue weighted by molar-refractivity contribution is -0.200. The monoisotopic (exact) mass is 407 g/mol. The molecule has 1 unspecified atom stereocenters. The lowest BCUT2D eigenvalue weighted by atomic mass is 10.1. The highest BCUT2D eigenvalue weighted by Gasteiger charge is 2.68. The third-order valence-electron chi connectivity index (χ3n) is 4.37. The Kier molecular flexibility index (Phi) is 5.19. The van der Waals surface area contributed by atoms with Crippen molar-refractivity contribution in [2.45, 2.75) is 18.4 Å². The van der Waals surface area contributed by atoms with Crippen LogP contribution in [0, 0.1) is 0 Å². The number of nitrogens with zero attached hydrogens (tertiary/aromatic N) is 1. The molecule has 2 aromatic carbocycles. The quantitative estimate of drug-likeness (QED) is 0.746. The van der Waals surface area contributed by atoms with Gasteiger partial charge in [-0.05, 0) is 17.7 Å². The number of ether oxygens (including phenoxy) is 1. The standard InChI is InChI=1S/C19H16F3N3O4/c1-29-14-10-6-5-9-13(14)15(26)23-18(19(20,21)22)16(27)25(17(28)24-18)11-12-7-3-2-4-8-12/h2-10H,11H2,1H3,(H,23,26)(H,24,28). The molecule has 0 aliphatic carbocycles. The molecule has 1 atom stereocenters. The van der Waals surface area contributed by atoms with E-state index in [2.05, 4.69) is 0 Å². The predicted octanol–water partition coefficient (Wildman–Crippen LogP) is 2.44. The number of imide groups is 1. The minimum absolute atomic E-state index is 0.0141. The molecule has 1 aliphatic rings. The van der Waals surface area contributed by atoms with E-state index < -0.39 is 29.7 Å². The van der Waals surface area contributed by atoms with Gasteiger partial charge in [0.1, 0.15) is 5.75 Å². The summed E-state index contributed by atoms with van der Waals surface area (Å²) in [5.74, 6) is -2.84. The fourth-order valence-electron chi connectivity index (χ4n) is 2.90. The van der Waals surface area contributed by atoms with Gasteiger partial charge in [-0.2, -0.15) is 13.2 Å². The van der Waals surface area contributed by atoms with Crippen molar-refractivity contribution in [3.63, 3.8) is 0 Å². The summed E-state index contributed by atoms with van der Waals surface area (Å²) in [5.41, 5.74) is -3.36. The lowest BCUT2D eigenvalue weighted by Gasteiger charge is -2.30. The van der Waals surface area contributed by atoms with Gasteiger partial charge in [0.05, 0.1) is 19.2 Å². The number of hydrogen-bond acceptors (Lipinski definition) is 4. The van der Waals surface area contributed by atoms with Crippen LogP contribution in [0.4, 0.5) is 18.0 Å². The van der Waals surface area contributed by atoms with Crippen LogP contribution in [-0.4, -0.2) is 41.7 Å². The van der Waals surface area contributed by atoms with Crippen LogP contribution in [0.1, 0.15) is 15.9 Å². The summed E-state index contributed by atoms with van der Waals surface area (Å²) < 4.78 is 46.7. The average molecular weight is 407 g/mol. The number of para-hydroxylation sites is 1. The van der Waals surface area contributed by atoms with Crippen LogP contribution in [0.25, 0.3) is 0 Å². The summed E-state index contributed by atoms with van der Waals surface area (Å²) in [5, 5.41) is 3.26. The molecule has 1 heterocycles. The minimum Gasteiger partial charge on any atom is -0.496 e. The topological polar surface area (TPSA) is 87.7 Å². The number of carbonyl (C=O) groups is 3. The Morgan fingerprint density at radius 1 is 1.10 bits per heavy atom. The molecule has 1 aliphatic heterocycles. The molecule has 4 amide bonds. The second-order valence-corrected chi connectivity index (χ2v) is 6.21. The molecule has 0 radical (unpaired) electrons. The summed E-state index contributed by atoms with van der Waals surface area (Å²) in [6.07, 6.45) is -5.29. The third kappa shape index (κ3) is 3.60. The maximum atomic E-state index is 13.9. The van der Waals surface area contributed by atoms with Crippen molar-refractivity contribution in [3.8, 4) is 5.75 Å². The van der Waals surface area contributed by atoms with Crippen molar-refractivity contribution < 1.29 is 32.3 Å². The largest absolute Gasteiger partial charge is 0.496 e.